The third kappa shape index (κ3) is 5.92. The molecular formula is C20H29N3O4. The lowest BCUT2D eigenvalue weighted by Gasteiger charge is -2.21. The number of hydrogen-bond donors (Lipinski definition) is 3. The lowest BCUT2D eigenvalue weighted by atomic mass is 10.1. The number of phenols is 1. The fraction of sp³-hybridized carbons (Fsp3) is 0.450. The van der Waals surface area contributed by atoms with E-state index in [1.54, 1.807) is 6.07 Å². The van der Waals surface area contributed by atoms with Crippen LogP contribution < -0.4 is 21.5 Å². The van der Waals surface area contributed by atoms with Crippen LogP contribution in [0.5, 0.6) is 5.75 Å². The molecule has 27 heavy (non-hydrogen) atoms. The molecule has 3 N–H and O–H groups in total. The maximum atomic E-state index is 11.8. The van der Waals surface area contributed by atoms with Crippen molar-refractivity contribution in [1.29, 1.82) is 0 Å². The van der Waals surface area contributed by atoms with Gasteiger partial charge in [-0.2, -0.15) is 0 Å². The molecule has 0 aromatic heterocycles. The Balaban J connectivity index is 0.000000828. The van der Waals surface area contributed by atoms with E-state index in [1.807, 2.05) is 33.0 Å². The summed E-state index contributed by atoms with van der Waals surface area (Å²) in [5, 5.41) is 15.8. The molecule has 2 rings (SSSR count). The number of anilines is 3. The number of rotatable bonds is 8. The summed E-state index contributed by atoms with van der Waals surface area (Å²) >= 11 is 0. The summed E-state index contributed by atoms with van der Waals surface area (Å²) in [5.74, 6) is -0.248. The molecule has 0 aliphatic carbocycles. The fourth-order valence-electron chi connectivity index (χ4n) is 2.47. The number of carbonyl (C=O) groups is 1. The molecule has 2 aromatic rings. The molecule has 2 aromatic carbocycles. The molecule has 0 heterocycles. The lowest BCUT2D eigenvalue weighted by molar-refractivity contribution is 0.112. The molecule has 0 radical (unpaired) electrons. The van der Waals surface area contributed by atoms with Crippen LogP contribution in [0.25, 0.3) is 0 Å². The van der Waals surface area contributed by atoms with Gasteiger partial charge in [0.05, 0.1) is 11.3 Å². The number of benzene rings is 1. The van der Waals surface area contributed by atoms with Gasteiger partial charge in [-0.1, -0.05) is 26.3 Å². The topological polar surface area (TPSA) is 98.7 Å². The first-order valence-electron chi connectivity index (χ1n) is 9.01. The minimum atomic E-state index is -0.630. The summed E-state index contributed by atoms with van der Waals surface area (Å²) in [6, 6.07) is 4.69. The number of nitrogens with one attached hydrogen (secondary N) is 2. The molecule has 0 bridgehead atoms. The van der Waals surface area contributed by atoms with Gasteiger partial charge in [-0.25, -0.2) is 0 Å². The first-order chi connectivity index (χ1) is 12.8. The van der Waals surface area contributed by atoms with E-state index in [1.165, 1.54) is 12.1 Å². The monoisotopic (exact) mass is 375 g/mol. The van der Waals surface area contributed by atoms with Gasteiger partial charge in [0, 0.05) is 6.04 Å². The van der Waals surface area contributed by atoms with E-state index in [9.17, 15) is 19.5 Å². The van der Waals surface area contributed by atoms with E-state index >= 15 is 0 Å². The van der Waals surface area contributed by atoms with Gasteiger partial charge in [-0.3, -0.25) is 14.4 Å². The third-order valence-corrected chi connectivity index (χ3v) is 3.84. The van der Waals surface area contributed by atoms with Crippen molar-refractivity contribution in [3.8, 4) is 5.75 Å². The van der Waals surface area contributed by atoms with Crippen LogP contribution in [0.1, 0.15) is 43.5 Å². The minimum absolute atomic E-state index is 0.110. The van der Waals surface area contributed by atoms with Crippen LogP contribution in [0.15, 0.2) is 27.8 Å². The van der Waals surface area contributed by atoms with E-state index in [0.717, 1.165) is 19.3 Å². The Hall–Kier alpha value is -2.67. The molecule has 1 atom stereocenters. The zero-order valence-electron chi connectivity index (χ0n) is 16.6. The summed E-state index contributed by atoms with van der Waals surface area (Å²) in [5.41, 5.74) is -0.495. The van der Waals surface area contributed by atoms with Crippen molar-refractivity contribution >= 4 is 23.3 Å². The van der Waals surface area contributed by atoms with Gasteiger partial charge in [0.15, 0.2) is 6.29 Å². The predicted molar refractivity (Wildman–Crippen MR) is 110 cm³/mol. The molecule has 7 heteroatoms. The second kappa shape index (κ2) is 10.5. The van der Waals surface area contributed by atoms with Crippen LogP contribution in [0.4, 0.5) is 17.1 Å². The van der Waals surface area contributed by atoms with E-state index in [-0.39, 0.29) is 34.4 Å². The number of aldehydes is 1. The number of hydrogen-bond acceptors (Lipinski definition) is 7. The Morgan fingerprint density at radius 1 is 1.11 bits per heavy atom. The largest absolute Gasteiger partial charge is 0.505 e. The normalized spacial score (nSPS) is 11.6. The molecule has 1 unspecified atom stereocenters. The maximum Gasteiger partial charge on any atom is 0.253 e. The van der Waals surface area contributed by atoms with Crippen LogP contribution in [-0.4, -0.2) is 43.5 Å². The molecule has 0 spiro atoms. The predicted octanol–water partition coefficient (Wildman–Crippen LogP) is 2.71. The van der Waals surface area contributed by atoms with Crippen LogP contribution in [-0.2, 0) is 0 Å². The molecule has 0 amide bonds. The Morgan fingerprint density at radius 2 is 1.70 bits per heavy atom. The molecule has 0 fully saturated rings. The maximum absolute atomic E-state index is 11.8. The standard InChI is InChI=1S/C17H20N2O4.C3H9N/c1-3-6-11(4-2)18-13-14(17(23)16(13)22)19-12-8-5-7-10(9-20)15(12)21;1-4(2)3/h5,7-9,11,18-19,21H,3-4,6H2,1-2H3;1-3H3. The van der Waals surface area contributed by atoms with Gasteiger partial charge in [-0.05, 0) is 46.1 Å². The van der Waals surface area contributed by atoms with Crippen molar-refractivity contribution in [3.05, 3.63) is 44.2 Å². The van der Waals surface area contributed by atoms with Gasteiger partial charge in [0.25, 0.3) is 10.9 Å². The highest BCUT2D eigenvalue weighted by Crippen LogP contribution is 2.30. The summed E-state index contributed by atoms with van der Waals surface area (Å²) < 4.78 is 0. The number of carbonyl (C=O) groups excluding carboxylic acids is 1. The fourth-order valence-corrected chi connectivity index (χ4v) is 2.47. The SMILES string of the molecule is CCCC(CC)Nc1c(Nc2cccc(C=O)c2O)c(=O)c1=O.CN(C)C. The smallest absolute Gasteiger partial charge is 0.253 e. The average Bonchev–Trinajstić information content (AvgIpc) is 2.63. The summed E-state index contributed by atoms with van der Waals surface area (Å²) in [6.07, 6.45) is 3.21. The molecule has 7 nitrogen and oxygen atoms in total. The van der Waals surface area contributed by atoms with Crippen LogP contribution in [0.2, 0.25) is 0 Å². The molecule has 0 aliphatic heterocycles. The number of phenolic OH excluding ortho intramolecular Hbond substituents is 1. The second-order valence-electron chi connectivity index (χ2n) is 6.77. The molecule has 0 saturated carbocycles. The van der Waals surface area contributed by atoms with Gasteiger partial charge in [-0.15, -0.1) is 0 Å². The van der Waals surface area contributed by atoms with Crippen molar-refractivity contribution < 1.29 is 9.90 Å². The Kier molecular flexibility index (Phi) is 8.68. The second-order valence-corrected chi connectivity index (χ2v) is 6.77. The molecule has 0 saturated heterocycles. The van der Waals surface area contributed by atoms with Crippen molar-refractivity contribution in [2.24, 2.45) is 0 Å². The van der Waals surface area contributed by atoms with E-state index in [2.05, 4.69) is 17.6 Å². The van der Waals surface area contributed by atoms with Crippen LogP contribution in [0.3, 0.4) is 0 Å². The van der Waals surface area contributed by atoms with E-state index < -0.39 is 10.9 Å². The minimum Gasteiger partial charge on any atom is -0.505 e. The van der Waals surface area contributed by atoms with Gasteiger partial charge in [0.1, 0.15) is 17.1 Å². The van der Waals surface area contributed by atoms with Gasteiger partial charge < -0.3 is 20.6 Å². The number of nitrogens with zero attached hydrogens (tertiary/aromatic N) is 1. The van der Waals surface area contributed by atoms with Crippen LogP contribution in [0, 0.1) is 0 Å². The highest BCUT2D eigenvalue weighted by Gasteiger charge is 2.23. The summed E-state index contributed by atoms with van der Waals surface area (Å²) in [7, 11) is 6.00. The highest BCUT2D eigenvalue weighted by atomic mass is 16.3. The summed E-state index contributed by atoms with van der Waals surface area (Å²) in [4.78, 5) is 36.5. The first-order valence-corrected chi connectivity index (χ1v) is 9.01. The average molecular weight is 375 g/mol. The Bertz CT molecular complexity index is 820. The first kappa shape index (κ1) is 22.4. The zero-order valence-corrected chi connectivity index (χ0v) is 16.6. The quantitative estimate of drug-likeness (QED) is 0.371. The molecular weight excluding hydrogens is 346 g/mol. The molecule has 0 aliphatic rings. The third-order valence-electron chi connectivity index (χ3n) is 3.84. The van der Waals surface area contributed by atoms with Crippen LogP contribution >= 0.6 is 0 Å². The van der Waals surface area contributed by atoms with Gasteiger partial charge >= 0.3 is 0 Å². The van der Waals surface area contributed by atoms with Crippen molar-refractivity contribution in [1.82, 2.24) is 4.90 Å². The highest BCUT2D eigenvalue weighted by molar-refractivity contribution is 5.87. The number of aromatic hydroxyl groups is 1. The van der Waals surface area contributed by atoms with Crippen molar-refractivity contribution in [2.75, 3.05) is 31.8 Å². The Morgan fingerprint density at radius 3 is 2.22 bits per heavy atom. The van der Waals surface area contributed by atoms with Crippen molar-refractivity contribution in [2.45, 2.75) is 39.2 Å². The number of para-hydroxylation sites is 1. The molecule has 148 valence electrons. The van der Waals surface area contributed by atoms with Gasteiger partial charge in [0.2, 0.25) is 0 Å². The van der Waals surface area contributed by atoms with Crippen molar-refractivity contribution in [3.63, 3.8) is 0 Å². The van der Waals surface area contributed by atoms with E-state index in [4.69, 9.17) is 0 Å². The summed E-state index contributed by atoms with van der Waals surface area (Å²) in [6.45, 7) is 4.06. The Labute approximate surface area is 159 Å². The van der Waals surface area contributed by atoms with E-state index in [0.29, 0.717) is 6.29 Å². The lowest BCUT2D eigenvalue weighted by Crippen LogP contribution is -2.39. The zero-order chi connectivity index (χ0) is 20.6.